The average molecular weight is 540 g/mol. The zero-order chi connectivity index (χ0) is 20.8. The highest BCUT2D eigenvalue weighted by molar-refractivity contribution is 14.0. The Morgan fingerprint density at radius 3 is 2.77 bits per heavy atom. The molecule has 0 bridgehead atoms. The molecule has 11 nitrogen and oxygen atoms in total. The molecule has 1 aliphatic heterocycles. The summed E-state index contributed by atoms with van der Waals surface area (Å²) in [5.41, 5.74) is 0.335. The Kier molecular flexibility index (Phi) is 8.37. The standard InChI is InChI=1S/C16H18F2N6O5.HI/c1-19-16(20-2-3-23-8-11(7-22-23)24(25)26)21-6-10-4-13-14(28-9-27-13)5-12(10)29-15(17)18;/h4-5,7-8,15H,2-3,6,9H2,1H3,(H2,19,20,21);1H. The second-order valence-corrected chi connectivity index (χ2v) is 5.76. The van der Waals surface area contributed by atoms with Crippen LogP contribution in [0.15, 0.2) is 29.5 Å². The quantitative estimate of drug-likeness (QED) is 0.172. The summed E-state index contributed by atoms with van der Waals surface area (Å²) in [5.74, 6) is 1.13. The van der Waals surface area contributed by atoms with Gasteiger partial charge in [-0.15, -0.1) is 24.0 Å². The molecule has 0 aliphatic carbocycles. The van der Waals surface area contributed by atoms with Crippen molar-refractivity contribution < 1.29 is 27.9 Å². The number of ether oxygens (including phenoxy) is 3. The van der Waals surface area contributed by atoms with Gasteiger partial charge in [0.05, 0.1) is 11.5 Å². The molecule has 0 spiro atoms. The van der Waals surface area contributed by atoms with Crippen molar-refractivity contribution in [3.63, 3.8) is 0 Å². The summed E-state index contributed by atoms with van der Waals surface area (Å²) in [6.45, 7) is -2.11. The first-order chi connectivity index (χ1) is 14.0. The van der Waals surface area contributed by atoms with Crippen LogP contribution < -0.4 is 24.8 Å². The second-order valence-electron chi connectivity index (χ2n) is 5.76. The number of aromatic nitrogens is 2. The van der Waals surface area contributed by atoms with Crippen molar-refractivity contribution in [2.24, 2.45) is 4.99 Å². The van der Waals surface area contributed by atoms with Gasteiger partial charge in [0, 0.05) is 31.8 Å². The van der Waals surface area contributed by atoms with Crippen LogP contribution in [-0.2, 0) is 13.1 Å². The van der Waals surface area contributed by atoms with Crippen molar-refractivity contribution >= 4 is 35.6 Å². The third-order valence-corrected chi connectivity index (χ3v) is 3.91. The molecule has 164 valence electrons. The van der Waals surface area contributed by atoms with Gasteiger partial charge in [-0.1, -0.05) is 0 Å². The first kappa shape index (κ1) is 23.4. The molecule has 0 saturated carbocycles. The van der Waals surface area contributed by atoms with Gasteiger partial charge in [-0.25, -0.2) is 0 Å². The van der Waals surface area contributed by atoms with E-state index >= 15 is 0 Å². The second kappa shape index (κ2) is 10.7. The van der Waals surface area contributed by atoms with E-state index in [4.69, 9.17) is 9.47 Å². The topological polar surface area (TPSA) is 125 Å². The fourth-order valence-electron chi connectivity index (χ4n) is 2.57. The fraction of sp³-hybridized carbons (Fsp3) is 0.375. The van der Waals surface area contributed by atoms with Gasteiger partial charge >= 0.3 is 12.3 Å². The summed E-state index contributed by atoms with van der Waals surface area (Å²) in [4.78, 5) is 14.2. The molecular weight excluding hydrogens is 521 g/mol. The van der Waals surface area contributed by atoms with E-state index in [0.717, 1.165) is 6.20 Å². The highest BCUT2D eigenvalue weighted by Crippen LogP contribution is 2.38. The molecular formula is C16H19F2IN6O5. The van der Waals surface area contributed by atoms with E-state index in [2.05, 4.69) is 25.5 Å². The van der Waals surface area contributed by atoms with Gasteiger partial charge in [-0.2, -0.15) is 13.9 Å². The minimum Gasteiger partial charge on any atom is -0.454 e. The van der Waals surface area contributed by atoms with Gasteiger partial charge in [0.15, 0.2) is 17.5 Å². The molecule has 0 atom stereocenters. The van der Waals surface area contributed by atoms with Gasteiger partial charge < -0.3 is 24.8 Å². The SMILES string of the molecule is CN=C(NCCn1cc([N+](=O)[O-])cn1)NCc1cc2c(cc1OC(F)F)OCO2.I. The van der Waals surface area contributed by atoms with Crippen LogP contribution in [0.25, 0.3) is 0 Å². The molecule has 0 unspecified atom stereocenters. The molecule has 14 heteroatoms. The molecule has 2 heterocycles. The Hall–Kier alpha value is -2.91. The number of nitro groups is 1. The zero-order valence-electron chi connectivity index (χ0n) is 15.7. The number of benzene rings is 1. The lowest BCUT2D eigenvalue weighted by atomic mass is 10.1. The summed E-state index contributed by atoms with van der Waals surface area (Å²) in [6.07, 6.45) is 2.48. The molecule has 2 aromatic rings. The number of fused-ring (bicyclic) bond motifs is 1. The van der Waals surface area contributed by atoms with Crippen LogP contribution in [0.4, 0.5) is 14.5 Å². The van der Waals surface area contributed by atoms with Gasteiger partial charge in [0.2, 0.25) is 6.79 Å². The van der Waals surface area contributed by atoms with Crippen molar-refractivity contribution in [2.75, 3.05) is 20.4 Å². The molecule has 0 radical (unpaired) electrons. The Bertz CT molecular complexity index is 910. The van der Waals surface area contributed by atoms with Crippen LogP contribution in [0.2, 0.25) is 0 Å². The van der Waals surface area contributed by atoms with E-state index in [0.29, 0.717) is 36.1 Å². The Morgan fingerprint density at radius 1 is 1.40 bits per heavy atom. The number of hydrogen-bond donors (Lipinski definition) is 2. The molecule has 1 aromatic heterocycles. The lowest BCUT2D eigenvalue weighted by molar-refractivity contribution is -0.385. The highest BCUT2D eigenvalue weighted by Gasteiger charge is 2.20. The summed E-state index contributed by atoms with van der Waals surface area (Å²) in [7, 11) is 1.55. The lowest BCUT2D eigenvalue weighted by Gasteiger charge is -2.15. The van der Waals surface area contributed by atoms with E-state index in [1.165, 1.54) is 16.9 Å². The van der Waals surface area contributed by atoms with Gasteiger partial charge in [-0.05, 0) is 6.07 Å². The monoisotopic (exact) mass is 540 g/mol. The number of hydrogen-bond acceptors (Lipinski definition) is 7. The Morgan fingerprint density at radius 2 is 2.13 bits per heavy atom. The normalized spacial score (nSPS) is 12.5. The van der Waals surface area contributed by atoms with Crippen molar-refractivity contribution in [3.8, 4) is 17.2 Å². The number of rotatable bonds is 8. The van der Waals surface area contributed by atoms with Crippen LogP contribution in [0.1, 0.15) is 5.56 Å². The van der Waals surface area contributed by atoms with Crippen LogP contribution in [0, 0.1) is 10.1 Å². The first-order valence-corrected chi connectivity index (χ1v) is 8.45. The van der Waals surface area contributed by atoms with Crippen LogP contribution in [-0.4, -0.2) is 47.7 Å². The zero-order valence-corrected chi connectivity index (χ0v) is 18.0. The molecule has 1 aromatic carbocycles. The molecule has 2 N–H and O–H groups in total. The van der Waals surface area contributed by atoms with Gasteiger partial charge in [-0.3, -0.25) is 19.8 Å². The first-order valence-electron chi connectivity index (χ1n) is 8.45. The third-order valence-electron chi connectivity index (χ3n) is 3.91. The van der Waals surface area contributed by atoms with Gasteiger partial charge in [0.25, 0.3) is 0 Å². The number of guanidine groups is 1. The molecule has 3 rings (SSSR count). The molecule has 0 fully saturated rings. The third kappa shape index (κ3) is 6.04. The van der Waals surface area contributed by atoms with Crippen LogP contribution >= 0.6 is 24.0 Å². The minimum atomic E-state index is -2.98. The maximum Gasteiger partial charge on any atom is 0.387 e. The van der Waals surface area contributed by atoms with Crippen molar-refractivity contribution in [1.29, 1.82) is 0 Å². The van der Waals surface area contributed by atoms with Crippen molar-refractivity contribution in [3.05, 3.63) is 40.2 Å². The molecule has 0 saturated heterocycles. The summed E-state index contributed by atoms with van der Waals surface area (Å²) >= 11 is 0. The number of alkyl halides is 2. The highest BCUT2D eigenvalue weighted by atomic mass is 127. The van der Waals surface area contributed by atoms with Gasteiger partial charge in [0.1, 0.15) is 18.1 Å². The van der Waals surface area contributed by atoms with Crippen molar-refractivity contribution in [2.45, 2.75) is 19.7 Å². The predicted octanol–water partition coefficient (Wildman–Crippen LogP) is 2.10. The summed E-state index contributed by atoms with van der Waals surface area (Å²) < 4.78 is 41.8. The number of aliphatic imine (C=N–C) groups is 1. The number of nitrogens with zero attached hydrogens (tertiary/aromatic N) is 4. The van der Waals surface area contributed by atoms with Crippen LogP contribution in [0.5, 0.6) is 17.2 Å². The lowest BCUT2D eigenvalue weighted by Crippen LogP contribution is -2.38. The van der Waals surface area contributed by atoms with E-state index in [9.17, 15) is 18.9 Å². The average Bonchev–Trinajstić information content (AvgIpc) is 3.33. The van der Waals surface area contributed by atoms with E-state index in [1.807, 2.05) is 0 Å². The maximum atomic E-state index is 12.7. The molecule has 30 heavy (non-hydrogen) atoms. The fourth-order valence-corrected chi connectivity index (χ4v) is 2.57. The van der Waals surface area contributed by atoms with Crippen molar-refractivity contribution in [1.82, 2.24) is 20.4 Å². The number of halogens is 3. The van der Waals surface area contributed by atoms with Crippen LogP contribution in [0.3, 0.4) is 0 Å². The largest absolute Gasteiger partial charge is 0.454 e. The Balaban J connectivity index is 0.00000320. The molecule has 0 amide bonds. The molecule has 1 aliphatic rings. The maximum absolute atomic E-state index is 12.7. The van der Waals surface area contributed by atoms with E-state index in [1.54, 1.807) is 13.1 Å². The van der Waals surface area contributed by atoms with E-state index in [-0.39, 0.29) is 48.8 Å². The minimum absolute atomic E-state index is 0. The smallest absolute Gasteiger partial charge is 0.387 e. The van der Waals surface area contributed by atoms with E-state index < -0.39 is 11.5 Å². The summed E-state index contributed by atoms with van der Waals surface area (Å²) in [5, 5.41) is 20.5. The summed E-state index contributed by atoms with van der Waals surface area (Å²) in [6, 6.07) is 2.91. The number of nitrogens with one attached hydrogen (secondary N) is 2. The Labute approximate surface area is 186 Å². The predicted molar refractivity (Wildman–Crippen MR) is 112 cm³/mol.